The number of fused-ring (bicyclic) bond motifs is 1. The Balaban J connectivity index is 1.95. The van der Waals surface area contributed by atoms with Crippen molar-refractivity contribution < 1.29 is 9.30 Å². The monoisotopic (exact) mass is 210 g/mol. The molecule has 0 amide bonds. The summed E-state index contributed by atoms with van der Waals surface area (Å²) >= 11 is 0. The van der Waals surface area contributed by atoms with Crippen LogP contribution >= 0.6 is 0 Å². The highest BCUT2D eigenvalue weighted by Crippen LogP contribution is 2.22. The summed E-state index contributed by atoms with van der Waals surface area (Å²) in [6.45, 7) is 0. The zero-order valence-corrected chi connectivity index (χ0v) is 8.78. The van der Waals surface area contributed by atoms with Crippen LogP contribution in [0.5, 0.6) is 0 Å². The summed E-state index contributed by atoms with van der Waals surface area (Å²) < 4.78 is 7.87. The van der Waals surface area contributed by atoms with Crippen molar-refractivity contribution in [3.05, 3.63) is 72.6 Å². The fourth-order valence-corrected chi connectivity index (χ4v) is 1.82. The van der Waals surface area contributed by atoms with Gasteiger partial charge in [-0.15, -0.1) is 4.57 Å². The van der Waals surface area contributed by atoms with Gasteiger partial charge in [-0.25, -0.2) is 0 Å². The fourth-order valence-electron chi connectivity index (χ4n) is 1.82. The molecule has 1 unspecified atom stereocenters. The third kappa shape index (κ3) is 1.58. The highest BCUT2D eigenvalue weighted by molar-refractivity contribution is 5.45. The van der Waals surface area contributed by atoms with E-state index in [1.807, 2.05) is 53.4 Å². The Morgan fingerprint density at radius 1 is 1.00 bits per heavy atom. The van der Waals surface area contributed by atoms with Gasteiger partial charge in [0, 0.05) is 12.1 Å². The van der Waals surface area contributed by atoms with Crippen molar-refractivity contribution in [2.75, 3.05) is 0 Å². The lowest BCUT2D eigenvalue weighted by molar-refractivity contribution is -0.602. The average molecular weight is 210 g/mol. The number of hydrogen-bond acceptors (Lipinski definition) is 1. The van der Waals surface area contributed by atoms with Gasteiger partial charge in [0.25, 0.3) is 0 Å². The Hall–Kier alpha value is -2.09. The van der Waals surface area contributed by atoms with Gasteiger partial charge in [-0.05, 0) is 17.7 Å². The van der Waals surface area contributed by atoms with E-state index >= 15 is 0 Å². The summed E-state index contributed by atoms with van der Waals surface area (Å²) in [5, 5.41) is 0. The van der Waals surface area contributed by atoms with Gasteiger partial charge < -0.3 is 4.74 Å². The third-order valence-corrected chi connectivity index (χ3v) is 2.65. The van der Waals surface area contributed by atoms with E-state index in [4.69, 9.17) is 4.74 Å². The maximum Gasteiger partial charge on any atom is 0.374 e. The number of hydrogen-bond donors (Lipinski definition) is 0. The Kier molecular flexibility index (Phi) is 2.18. The topological polar surface area (TPSA) is 13.1 Å². The van der Waals surface area contributed by atoms with E-state index in [0.29, 0.717) is 0 Å². The SMILES string of the molecule is C1=CC2=CC=C([n+]3ccccc3)OC2C=C1. The number of allylic oxidation sites excluding steroid dienone is 4. The van der Waals surface area contributed by atoms with Crippen molar-refractivity contribution in [1.82, 2.24) is 0 Å². The number of ether oxygens (including phenoxy) is 1. The average Bonchev–Trinajstić information content (AvgIpc) is 2.39. The van der Waals surface area contributed by atoms with Gasteiger partial charge in [0.15, 0.2) is 12.4 Å². The second-order valence-electron chi connectivity index (χ2n) is 3.74. The molecule has 2 aliphatic rings. The lowest BCUT2D eigenvalue weighted by Gasteiger charge is -2.20. The molecular formula is C14H12NO+. The second-order valence-corrected chi connectivity index (χ2v) is 3.74. The molecule has 0 N–H and O–H groups in total. The molecule has 0 saturated heterocycles. The molecule has 2 nitrogen and oxygen atoms in total. The summed E-state index contributed by atoms with van der Waals surface area (Å²) in [4.78, 5) is 0. The predicted molar refractivity (Wildman–Crippen MR) is 62.1 cm³/mol. The molecule has 0 radical (unpaired) electrons. The van der Waals surface area contributed by atoms with Crippen LogP contribution in [0.3, 0.4) is 0 Å². The van der Waals surface area contributed by atoms with Crippen molar-refractivity contribution in [3.63, 3.8) is 0 Å². The van der Waals surface area contributed by atoms with Gasteiger partial charge in [-0.3, -0.25) is 0 Å². The Morgan fingerprint density at radius 3 is 2.75 bits per heavy atom. The molecule has 1 aromatic rings. The van der Waals surface area contributed by atoms with Gasteiger partial charge in [0.05, 0.1) is 6.08 Å². The maximum atomic E-state index is 5.89. The molecule has 1 aromatic heterocycles. The zero-order chi connectivity index (χ0) is 10.8. The van der Waals surface area contributed by atoms with Crippen LogP contribution in [-0.4, -0.2) is 6.10 Å². The van der Waals surface area contributed by atoms with Crippen LogP contribution in [0.2, 0.25) is 0 Å². The standard InChI is InChI=1S/C14H12NO/c1-4-10-15(11-5-1)14-9-8-12-6-2-3-7-13(12)16-14/h1-11,13H/q+1. The lowest BCUT2D eigenvalue weighted by Crippen LogP contribution is -2.35. The van der Waals surface area contributed by atoms with Gasteiger partial charge in [-0.2, -0.15) is 0 Å². The number of pyridine rings is 1. The lowest BCUT2D eigenvalue weighted by atomic mass is 10.0. The first-order valence-electron chi connectivity index (χ1n) is 5.33. The van der Waals surface area contributed by atoms with Crippen molar-refractivity contribution >= 4 is 5.88 Å². The molecule has 1 atom stereocenters. The molecular weight excluding hydrogens is 198 g/mol. The molecule has 78 valence electrons. The van der Waals surface area contributed by atoms with Crippen LogP contribution in [0.1, 0.15) is 0 Å². The smallest absolute Gasteiger partial charge is 0.374 e. The van der Waals surface area contributed by atoms with Gasteiger partial charge in [0.2, 0.25) is 0 Å². The largest absolute Gasteiger partial charge is 0.432 e. The van der Waals surface area contributed by atoms with Crippen molar-refractivity contribution in [2.45, 2.75) is 6.10 Å². The molecule has 3 rings (SSSR count). The minimum absolute atomic E-state index is 0.0534. The van der Waals surface area contributed by atoms with E-state index in [1.165, 1.54) is 5.57 Å². The van der Waals surface area contributed by atoms with E-state index in [2.05, 4.69) is 18.2 Å². The maximum absolute atomic E-state index is 5.89. The van der Waals surface area contributed by atoms with E-state index in [-0.39, 0.29) is 6.10 Å². The first kappa shape index (κ1) is 9.16. The molecule has 0 aromatic carbocycles. The highest BCUT2D eigenvalue weighted by atomic mass is 16.5. The quantitative estimate of drug-likeness (QED) is 0.648. The Labute approximate surface area is 94.5 Å². The normalized spacial score (nSPS) is 21.9. The highest BCUT2D eigenvalue weighted by Gasteiger charge is 2.22. The molecule has 1 aliphatic carbocycles. The number of rotatable bonds is 1. The summed E-state index contributed by atoms with van der Waals surface area (Å²) in [6.07, 6.45) is 16.3. The first-order valence-corrected chi connectivity index (χ1v) is 5.33. The van der Waals surface area contributed by atoms with Crippen LogP contribution in [0.15, 0.2) is 72.6 Å². The fraction of sp³-hybridized carbons (Fsp3) is 0.0714. The van der Waals surface area contributed by atoms with E-state index in [0.717, 1.165) is 5.88 Å². The van der Waals surface area contributed by atoms with E-state index in [9.17, 15) is 0 Å². The van der Waals surface area contributed by atoms with Crippen LogP contribution in [0, 0.1) is 0 Å². The van der Waals surface area contributed by atoms with Crippen LogP contribution < -0.4 is 4.57 Å². The van der Waals surface area contributed by atoms with Gasteiger partial charge in [0.1, 0.15) is 6.10 Å². The van der Waals surface area contributed by atoms with Crippen LogP contribution in [-0.2, 0) is 4.74 Å². The first-order chi connectivity index (χ1) is 7.93. The van der Waals surface area contributed by atoms with Gasteiger partial charge in [-0.1, -0.05) is 24.3 Å². The summed E-state index contributed by atoms with van der Waals surface area (Å²) in [7, 11) is 0. The third-order valence-electron chi connectivity index (χ3n) is 2.65. The van der Waals surface area contributed by atoms with Crippen LogP contribution in [0.25, 0.3) is 5.88 Å². The number of aromatic nitrogens is 1. The molecule has 0 spiro atoms. The summed E-state index contributed by atoms with van der Waals surface area (Å²) in [6, 6.07) is 5.96. The summed E-state index contributed by atoms with van der Waals surface area (Å²) in [5.41, 5.74) is 1.20. The molecule has 1 aliphatic heterocycles. The molecule has 0 bridgehead atoms. The van der Waals surface area contributed by atoms with Crippen molar-refractivity contribution in [2.24, 2.45) is 0 Å². The Bertz CT molecular complexity index is 509. The molecule has 2 heteroatoms. The van der Waals surface area contributed by atoms with E-state index < -0.39 is 0 Å². The minimum Gasteiger partial charge on any atom is -0.432 e. The van der Waals surface area contributed by atoms with Gasteiger partial charge >= 0.3 is 5.88 Å². The zero-order valence-electron chi connectivity index (χ0n) is 8.78. The van der Waals surface area contributed by atoms with Crippen LogP contribution in [0.4, 0.5) is 0 Å². The Morgan fingerprint density at radius 2 is 1.88 bits per heavy atom. The molecule has 0 saturated carbocycles. The van der Waals surface area contributed by atoms with E-state index in [1.54, 1.807) is 0 Å². The number of nitrogens with zero attached hydrogens (tertiary/aromatic N) is 1. The van der Waals surface area contributed by atoms with Crippen molar-refractivity contribution in [1.29, 1.82) is 0 Å². The summed E-state index contributed by atoms with van der Waals surface area (Å²) in [5.74, 6) is 0.856. The second kappa shape index (κ2) is 3.81. The predicted octanol–water partition coefficient (Wildman–Crippen LogP) is 2.22. The molecule has 2 heterocycles. The minimum atomic E-state index is 0.0534. The molecule has 16 heavy (non-hydrogen) atoms. The van der Waals surface area contributed by atoms with Crippen molar-refractivity contribution in [3.8, 4) is 0 Å². The molecule has 0 fully saturated rings.